The van der Waals surface area contributed by atoms with Crippen LogP contribution in [0.15, 0.2) is 42.0 Å². The van der Waals surface area contributed by atoms with Gasteiger partial charge in [0.05, 0.1) is 23.2 Å². The number of halogens is 3. The van der Waals surface area contributed by atoms with E-state index >= 15 is 0 Å². The van der Waals surface area contributed by atoms with E-state index in [1.54, 1.807) is 10.9 Å². The zero-order valence-electron chi connectivity index (χ0n) is 13.2. The maximum Gasteiger partial charge on any atom is 0.416 e. The summed E-state index contributed by atoms with van der Waals surface area (Å²) in [4.78, 5) is 4.45. The third kappa shape index (κ3) is 4.55. The number of hydrogen-bond donors (Lipinski definition) is 0. The Bertz CT molecular complexity index is 885. The van der Waals surface area contributed by atoms with Crippen molar-refractivity contribution in [2.45, 2.75) is 17.7 Å². The second-order valence-electron chi connectivity index (χ2n) is 5.47. The highest BCUT2D eigenvalue weighted by Crippen LogP contribution is 2.29. The van der Waals surface area contributed by atoms with Crippen molar-refractivity contribution in [1.29, 1.82) is 0 Å². The number of rotatable bonds is 5. The molecule has 0 N–H and O–H groups in total. The van der Waals surface area contributed by atoms with Gasteiger partial charge in [0, 0.05) is 40.7 Å². The van der Waals surface area contributed by atoms with Crippen LogP contribution in [0.5, 0.6) is 0 Å². The Morgan fingerprint density at radius 3 is 2.52 bits per heavy atom. The van der Waals surface area contributed by atoms with Gasteiger partial charge < -0.3 is 0 Å². The SMILES string of the molecule is Cn1cc(-c2nc(C[S@@](=O)Cc3ccc(C(F)(F)F)cc3)cs2)cn1. The van der Waals surface area contributed by atoms with Crippen LogP contribution in [0.3, 0.4) is 0 Å². The van der Waals surface area contributed by atoms with E-state index < -0.39 is 22.5 Å². The van der Waals surface area contributed by atoms with Crippen molar-refractivity contribution < 1.29 is 17.4 Å². The van der Waals surface area contributed by atoms with Crippen LogP contribution >= 0.6 is 11.3 Å². The molecule has 3 aromatic rings. The van der Waals surface area contributed by atoms with Gasteiger partial charge in [0.2, 0.25) is 0 Å². The third-order valence-electron chi connectivity index (χ3n) is 3.42. The first-order chi connectivity index (χ1) is 11.8. The van der Waals surface area contributed by atoms with Gasteiger partial charge in [0.25, 0.3) is 0 Å². The lowest BCUT2D eigenvalue weighted by Gasteiger charge is -2.07. The fourth-order valence-corrected chi connectivity index (χ4v) is 4.27. The fraction of sp³-hybridized carbons (Fsp3) is 0.250. The Hall–Kier alpha value is -2.00. The summed E-state index contributed by atoms with van der Waals surface area (Å²) in [5, 5.41) is 6.73. The molecule has 0 aliphatic carbocycles. The van der Waals surface area contributed by atoms with E-state index in [1.165, 1.54) is 23.5 Å². The highest BCUT2D eigenvalue weighted by atomic mass is 32.2. The van der Waals surface area contributed by atoms with Crippen molar-refractivity contribution in [3.05, 3.63) is 58.9 Å². The molecule has 4 nitrogen and oxygen atoms in total. The van der Waals surface area contributed by atoms with E-state index in [-0.39, 0.29) is 11.5 Å². The number of benzene rings is 1. The minimum absolute atomic E-state index is 0.192. The summed E-state index contributed by atoms with van der Waals surface area (Å²) in [5.74, 6) is 0.454. The lowest BCUT2D eigenvalue weighted by molar-refractivity contribution is -0.137. The molecule has 0 bridgehead atoms. The van der Waals surface area contributed by atoms with Crippen molar-refractivity contribution in [2.24, 2.45) is 7.05 Å². The highest BCUT2D eigenvalue weighted by Gasteiger charge is 2.29. The Labute approximate surface area is 148 Å². The molecule has 1 atom stereocenters. The first-order valence-corrected chi connectivity index (χ1v) is 9.62. The van der Waals surface area contributed by atoms with E-state index in [2.05, 4.69) is 10.1 Å². The molecule has 0 radical (unpaired) electrons. The first-order valence-electron chi connectivity index (χ1n) is 7.26. The van der Waals surface area contributed by atoms with Crippen molar-refractivity contribution in [1.82, 2.24) is 14.8 Å². The maximum absolute atomic E-state index is 12.5. The number of alkyl halides is 3. The topological polar surface area (TPSA) is 47.8 Å². The van der Waals surface area contributed by atoms with Gasteiger partial charge in [-0.15, -0.1) is 11.3 Å². The minimum atomic E-state index is -4.36. The molecule has 3 rings (SSSR count). The largest absolute Gasteiger partial charge is 0.416 e. The third-order valence-corrected chi connectivity index (χ3v) is 5.63. The maximum atomic E-state index is 12.5. The highest BCUT2D eigenvalue weighted by molar-refractivity contribution is 7.83. The molecule has 0 unspecified atom stereocenters. The molecule has 2 heterocycles. The predicted octanol–water partition coefficient (Wildman–Crippen LogP) is 4.01. The van der Waals surface area contributed by atoms with Crippen LogP contribution in [0.2, 0.25) is 0 Å². The normalized spacial score (nSPS) is 13.1. The molecule has 25 heavy (non-hydrogen) atoms. The number of thiazole rings is 1. The molecule has 132 valence electrons. The van der Waals surface area contributed by atoms with Gasteiger partial charge in [-0.1, -0.05) is 12.1 Å². The minimum Gasteiger partial charge on any atom is -0.275 e. The molecule has 0 saturated heterocycles. The number of aryl methyl sites for hydroxylation is 1. The average Bonchev–Trinajstić information content (AvgIpc) is 3.15. The van der Waals surface area contributed by atoms with Crippen LogP contribution < -0.4 is 0 Å². The van der Waals surface area contributed by atoms with Crippen LogP contribution in [-0.2, 0) is 35.5 Å². The number of hydrogen-bond acceptors (Lipinski definition) is 4. The van der Waals surface area contributed by atoms with E-state index in [0.29, 0.717) is 11.3 Å². The predicted molar refractivity (Wildman–Crippen MR) is 91.3 cm³/mol. The molecular weight excluding hydrogens is 371 g/mol. The lowest BCUT2D eigenvalue weighted by Crippen LogP contribution is -2.05. The van der Waals surface area contributed by atoms with Crippen LogP contribution in [0.4, 0.5) is 13.2 Å². The molecule has 2 aromatic heterocycles. The van der Waals surface area contributed by atoms with E-state index in [0.717, 1.165) is 22.7 Å². The van der Waals surface area contributed by atoms with Crippen molar-refractivity contribution >= 4 is 22.1 Å². The van der Waals surface area contributed by atoms with Gasteiger partial charge in [0.15, 0.2) is 0 Å². The van der Waals surface area contributed by atoms with Gasteiger partial charge in [0.1, 0.15) is 5.01 Å². The summed E-state index contributed by atoms with van der Waals surface area (Å²) in [6.07, 6.45) is -0.801. The van der Waals surface area contributed by atoms with E-state index in [1.807, 2.05) is 18.6 Å². The lowest BCUT2D eigenvalue weighted by atomic mass is 10.1. The molecule has 0 aliphatic rings. The zero-order valence-corrected chi connectivity index (χ0v) is 14.8. The second-order valence-corrected chi connectivity index (χ2v) is 7.78. The van der Waals surface area contributed by atoms with Crippen LogP contribution in [0.25, 0.3) is 10.6 Å². The molecule has 0 aliphatic heterocycles. The van der Waals surface area contributed by atoms with Gasteiger partial charge in [-0.2, -0.15) is 18.3 Å². The van der Waals surface area contributed by atoms with Crippen LogP contribution in [0, 0.1) is 0 Å². The summed E-state index contributed by atoms with van der Waals surface area (Å²) in [5.41, 5.74) is 1.50. The van der Waals surface area contributed by atoms with Crippen molar-refractivity contribution in [3.63, 3.8) is 0 Å². The zero-order chi connectivity index (χ0) is 18.0. The van der Waals surface area contributed by atoms with Gasteiger partial charge in [-0.3, -0.25) is 8.89 Å². The summed E-state index contributed by atoms with van der Waals surface area (Å²) in [6, 6.07) is 4.75. The quantitative estimate of drug-likeness (QED) is 0.667. The number of nitrogens with zero attached hydrogens (tertiary/aromatic N) is 3. The van der Waals surface area contributed by atoms with Crippen molar-refractivity contribution in [2.75, 3.05) is 0 Å². The fourth-order valence-electron chi connectivity index (χ4n) is 2.23. The van der Waals surface area contributed by atoms with E-state index in [9.17, 15) is 17.4 Å². The van der Waals surface area contributed by atoms with Gasteiger partial charge in [-0.25, -0.2) is 4.98 Å². The Morgan fingerprint density at radius 1 is 1.20 bits per heavy atom. The summed E-state index contributed by atoms with van der Waals surface area (Å²) in [6.45, 7) is 0. The van der Waals surface area contributed by atoms with Crippen molar-refractivity contribution in [3.8, 4) is 10.6 Å². The molecular formula is C16H14F3N3OS2. The summed E-state index contributed by atoms with van der Waals surface area (Å²) in [7, 11) is 0.571. The van der Waals surface area contributed by atoms with E-state index in [4.69, 9.17) is 0 Å². The van der Waals surface area contributed by atoms with Crippen LogP contribution in [0.1, 0.15) is 16.8 Å². The Kier molecular flexibility index (Phi) is 5.05. The molecule has 0 amide bonds. The Balaban J connectivity index is 1.62. The monoisotopic (exact) mass is 385 g/mol. The molecule has 0 saturated carbocycles. The van der Waals surface area contributed by atoms with Gasteiger partial charge in [-0.05, 0) is 17.7 Å². The molecule has 0 spiro atoms. The standard InChI is InChI=1S/C16H14F3N3OS2/c1-22-7-12(6-20-22)15-21-14(8-24-15)10-25(23)9-11-2-4-13(5-3-11)16(17,18)19/h2-8H,9-10H2,1H3/t25-/m0/s1. The molecule has 0 fully saturated rings. The first kappa shape index (κ1) is 17.8. The van der Waals surface area contributed by atoms with Crippen LogP contribution in [-0.4, -0.2) is 19.0 Å². The molecule has 1 aromatic carbocycles. The second kappa shape index (κ2) is 7.09. The number of aromatic nitrogens is 3. The smallest absolute Gasteiger partial charge is 0.275 e. The summed E-state index contributed by atoms with van der Waals surface area (Å²) < 4.78 is 51.6. The Morgan fingerprint density at radius 2 is 1.92 bits per heavy atom. The van der Waals surface area contributed by atoms with Gasteiger partial charge >= 0.3 is 6.18 Å². The molecule has 9 heteroatoms. The average molecular weight is 385 g/mol. The summed E-state index contributed by atoms with van der Waals surface area (Å²) >= 11 is 1.45.